The molecule has 0 saturated heterocycles. The Morgan fingerprint density at radius 2 is 2.00 bits per heavy atom. The van der Waals surface area contributed by atoms with E-state index in [0.717, 1.165) is 16.5 Å². The first kappa shape index (κ1) is 15.4. The molecule has 1 aromatic carbocycles. The summed E-state index contributed by atoms with van der Waals surface area (Å²) in [5.74, 6) is 0.611. The van der Waals surface area contributed by atoms with Crippen molar-refractivity contribution in [2.45, 2.75) is 6.42 Å². The van der Waals surface area contributed by atoms with Crippen LogP contribution >= 0.6 is 15.9 Å². The molecule has 21 heavy (non-hydrogen) atoms. The fourth-order valence-corrected chi connectivity index (χ4v) is 2.05. The molecular formula is C15H17BrN4O. The summed E-state index contributed by atoms with van der Waals surface area (Å²) in [6, 6.07) is 7.67. The van der Waals surface area contributed by atoms with Crippen LogP contribution in [0.4, 0.5) is 5.95 Å². The number of anilines is 1. The fraction of sp³-hybridized carbons (Fsp3) is 0.267. The number of amides is 1. The van der Waals surface area contributed by atoms with Gasteiger partial charge in [-0.15, -0.1) is 0 Å². The van der Waals surface area contributed by atoms with E-state index in [-0.39, 0.29) is 5.91 Å². The van der Waals surface area contributed by atoms with Gasteiger partial charge < -0.3 is 10.2 Å². The average Bonchev–Trinajstić information content (AvgIpc) is 2.49. The van der Waals surface area contributed by atoms with Gasteiger partial charge in [-0.1, -0.05) is 12.1 Å². The molecule has 0 aliphatic rings. The summed E-state index contributed by atoms with van der Waals surface area (Å²) in [6.07, 6.45) is 4.20. The van der Waals surface area contributed by atoms with Crippen molar-refractivity contribution in [1.82, 2.24) is 14.9 Å². The van der Waals surface area contributed by atoms with Crippen molar-refractivity contribution >= 4 is 27.8 Å². The highest BCUT2D eigenvalue weighted by molar-refractivity contribution is 9.10. The van der Waals surface area contributed by atoms with Crippen LogP contribution in [0.2, 0.25) is 0 Å². The molecule has 1 N–H and O–H groups in total. The number of hydrogen-bond acceptors (Lipinski definition) is 4. The average molecular weight is 349 g/mol. The third-order valence-corrected chi connectivity index (χ3v) is 3.31. The highest BCUT2D eigenvalue weighted by atomic mass is 79.9. The van der Waals surface area contributed by atoms with Gasteiger partial charge in [-0.3, -0.25) is 4.79 Å². The number of hydrogen-bond donors (Lipinski definition) is 1. The minimum atomic E-state index is 0.0149. The van der Waals surface area contributed by atoms with Gasteiger partial charge >= 0.3 is 0 Å². The maximum absolute atomic E-state index is 11.9. The van der Waals surface area contributed by atoms with Gasteiger partial charge in [-0.05, 0) is 40.0 Å². The molecule has 1 heterocycles. The molecule has 1 amide bonds. The fourth-order valence-electron chi connectivity index (χ4n) is 1.84. The van der Waals surface area contributed by atoms with Gasteiger partial charge in [0.1, 0.15) is 0 Å². The summed E-state index contributed by atoms with van der Waals surface area (Å²) in [7, 11) is 3.50. The number of benzene rings is 1. The van der Waals surface area contributed by atoms with Crippen molar-refractivity contribution in [2.24, 2.45) is 0 Å². The minimum absolute atomic E-state index is 0.0149. The summed E-state index contributed by atoms with van der Waals surface area (Å²) in [5, 5.41) is 3.15. The second kappa shape index (κ2) is 7.17. The molecule has 0 saturated carbocycles. The highest BCUT2D eigenvalue weighted by Gasteiger charge is 2.07. The topological polar surface area (TPSA) is 58.1 Å². The predicted octanol–water partition coefficient (Wildman–Crippen LogP) is 2.60. The Kier molecular flexibility index (Phi) is 5.27. The zero-order chi connectivity index (χ0) is 15.2. The van der Waals surface area contributed by atoms with Crippen molar-refractivity contribution in [2.75, 3.05) is 26.0 Å². The van der Waals surface area contributed by atoms with E-state index in [1.165, 1.54) is 0 Å². The van der Waals surface area contributed by atoms with Crippen LogP contribution in [0.3, 0.4) is 0 Å². The van der Waals surface area contributed by atoms with Crippen LogP contribution in [-0.4, -0.2) is 41.4 Å². The Bertz CT molecular complexity index is 613. The molecule has 0 bridgehead atoms. The second-order valence-electron chi connectivity index (χ2n) is 4.80. The predicted molar refractivity (Wildman–Crippen MR) is 86.4 cm³/mol. The number of carbonyl (C=O) groups excluding carboxylic acids is 1. The Morgan fingerprint density at radius 1 is 1.29 bits per heavy atom. The maximum Gasteiger partial charge on any atom is 0.253 e. The number of nitrogens with one attached hydrogen (secondary N) is 1. The van der Waals surface area contributed by atoms with Crippen molar-refractivity contribution in [3.8, 4) is 0 Å². The number of rotatable bonds is 5. The highest BCUT2D eigenvalue weighted by Crippen LogP contribution is 2.09. The molecule has 2 rings (SSSR count). The monoisotopic (exact) mass is 348 g/mol. The molecule has 1 aromatic heterocycles. The minimum Gasteiger partial charge on any atom is -0.354 e. The van der Waals surface area contributed by atoms with Gasteiger partial charge in [-0.25, -0.2) is 9.97 Å². The van der Waals surface area contributed by atoms with E-state index in [1.807, 2.05) is 24.3 Å². The van der Waals surface area contributed by atoms with E-state index in [4.69, 9.17) is 0 Å². The summed E-state index contributed by atoms with van der Waals surface area (Å²) in [5.41, 5.74) is 1.81. The Balaban J connectivity index is 1.93. The first-order valence-electron chi connectivity index (χ1n) is 6.58. The van der Waals surface area contributed by atoms with Crippen LogP contribution in [0.25, 0.3) is 0 Å². The second-order valence-corrected chi connectivity index (χ2v) is 5.72. The Labute approximate surface area is 132 Å². The normalized spacial score (nSPS) is 10.2. The molecule has 0 aliphatic heterocycles. The van der Waals surface area contributed by atoms with Gasteiger partial charge in [0.05, 0.1) is 4.47 Å². The summed E-state index contributed by atoms with van der Waals surface area (Å²) in [4.78, 5) is 21.8. The number of carbonyl (C=O) groups is 1. The van der Waals surface area contributed by atoms with Crippen molar-refractivity contribution < 1.29 is 4.79 Å². The van der Waals surface area contributed by atoms with Gasteiger partial charge in [0, 0.05) is 38.6 Å². The molecule has 0 radical (unpaired) electrons. The van der Waals surface area contributed by atoms with Crippen LogP contribution in [0.5, 0.6) is 0 Å². The van der Waals surface area contributed by atoms with Crippen molar-refractivity contribution in [3.63, 3.8) is 0 Å². The summed E-state index contributed by atoms with van der Waals surface area (Å²) >= 11 is 3.29. The lowest BCUT2D eigenvalue weighted by atomic mass is 10.1. The van der Waals surface area contributed by atoms with Crippen molar-refractivity contribution in [3.05, 3.63) is 52.3 Å². The SMILES string of the molecule is CN(C)C(=O)c1cccc(CCNc2ncc(Br)cn2)c1. The smallest absolute Gasteiger partial charge is 0.253 e. The van der Waals surface area contributed by atoms with Crippen LogP contribution in [0.15, 0.2) is 41.1 Å². The number of aromatic nitrogens is 2. The lowest BCUT2D eigenvalue weighted by Gasteiger charge is -2.11. The van der Waals surface area contributed by atoms with E-state index < -0.39 is 0 Å². The Morgan fingerprint density at radius 3 is 2.67 bits per heavy atom. The number of halogens is 1. The van der Waals surface area contributed by atoms with Crippen LogP contribution in [0.1, 0.15) is 15.9 Å². The van der Waals surface area contributed by atoms with Gasteiger partial charge in [-0.2, -0.15) is 0 Å². The zero-order valence-corrected chi connectivity index (χ0v) is 13.6. The van der Waals surface area contributed by atoms with Crippen LogP contribution in [-0.2, 0) is 6.42 Å². The summed E-state index contributed by atoms with van der Waals surface area (Å²) in [6.45, 7) is 0.710. The molecule has 0 atom stereocenters. The summed E-state index contributed by atoms with van der Waals surface area (Å²) < 4.78 is 0.850. The van der Waals surface area contributed by atoms with Gasteiger partial charge in [0.15, 0.2) is 0 Å². The molecule has 0 unspecified atom stereocenters. The third kappa shape index (κ3) is 4.53. The third-order valence-electron chi connectivity index (χ3n) is 2.90. The van der Waals surface area contributed by atoms with Crippen molar-refractivity contribution in [1.29, 1.82) is 0 Å². The lowest BCUT2D eigenvalue weighted by molar-refractivity contribution is 0.0827. The van der Waals surface area contributed by atoms with E-state index in [2.05, 4.69) is 31.2 Å². The number of nitrogens with zero attached hydrogens (tertiary/aromatic N) is 3. The standard InChI is InChI=1S/C15H17BrN4O/c1-20(2)14(21)12-5-3-4-11(8-12)6-7-17-15-18-9-13(16)10-19-15/h3-5,8-10H,6-7H2,1-2H3,(H,17,18,19). The van der Waals surface area contributed by atoms with Crippen LogP contribution in [0, 0.1) is 0 Å². The van der Waals surface area contributed by atoms with E-state index in [1.54, 1.807) is 31.4 Å². The van der Waals surface area contributed by atoms with Gasteiger partial charge in [0.25, 0.3) is 5.91 Å². The lowest BCUT2D eigenvalue weighted by Crippen LogP contribution is -2.21. The van der Waals surface area contributed by atoms with E-state index >= 15 is 0 Å². The van der Waals surface area contributed by atoms with Gasteiger partial charge in [0.2, 0.25) is 5.95 Å². The molecule has 6 heteroatoms. The molecular weight excluding hydrogens is 332 g/mol. The first-order valence-corrected chi connectivity index (χ1v) is 7.37. The molecule has 0 fully saturated rings. The maximum atomic E-state index is 11.9. The van der Waals surface area contributed by atoms with E-state index in [9.17, 15) is 4.79 Å². The first-order chi connectivity index (χ1) is 10.1. The molecule has 2 aromatic rings. The largest absolute Gasteiger partial charge is 0.354 e. The van der Waals surface area contributed by atoms with E-state index in [0.29, 0.717) is 18.1 Å². The Hall–Kier alpha value is -1.95. The zero-order valence-electron chi connectivity index (χ0n) is 12.0. The molecule has 5 nitrogen and oxygen atoms in total. The molecule has 0 spiro atoms. The molecule has 110 valence electrons. The van der Waals surface area contributed by atoms with Crippen LogP contribution < -0.4 is 5.32 Å². The molecule has 0 aliphatic carbocycles. The quantitative estimate of drug-likeness (QED) is 0.902.